The van der Waals surface area contributed by atoms with Crippen molar-refractivity contribution in [2.45, 2.75) is 19.8 Å². The smallest absolute Gasteiger partial charge is 0.330 e. The molecule has 0 aliphatic carbocycles. The van der Waals surface area contributed by atoms with Crippen LogP contribution in [0, 0.1) is 12.3 Å². The minimum absolute atomic E-state index is 0.189. The first-order valence-electron chi connectivity index (χ1n) is 7.64. The minimum Gasteiger partial charge on any atom is -0.369 e. The van der Waals surface area contributed by atoms with Gasteiger partial charge in [0.05, 0.1) is 6.42 Å². The van der Waals surface area contributed by atoms with Crippen LogP contribution in [0.4, 0.5) is 9.93 Å². The Labute approximate surface area is 153 Å². The van der Waals surface area contributed by atoms with Crippen molar-refractivity contribution in [1.29, 1.82) is 0 Å². The van der Waals surface area contributed by atoms with E-state index in [1.54, 1.807) is 29.8 Å². The number of carbonyl (C=O) groups excluding carboxylic acids is 3. The number of rotatable bonds is 8. The first kappa shape index (κ1) is 19.1. The summed E-state index contributed by atoms with van der Waals surface area (Å²) < 4.78 is 0. The molecule has 1 unspecified atom stereocenters. The third-order valence-electron chi connectivity index (χ3n) is 3.45. The zero-order chi connectivity index (χ0) is 18.2. The van der Waals surface area contributed by atoms with Gasteiger partial charge in [0.25, 0.3) is 0 Å². The first-order chi connectivity index (χ1) is 12.0. The molecule has 0 aliphatic heterocycles. The molecule has 0 spiro atoms. The standard InChI is InChI=1S/C16H19N4O3S2/c1-11(14(17)22)4-5-13(21)20(8-6-12-3-2-9-24-12)16(23)19-15-18-7-10-25-15/h2-3,5,7,9-11H,4,6,8H2,1H3,(H2,17,22)(H,18,19,23). The van der Waals surface area contributed by atoms with Crippen molar-refractivity contribution in [1.82, 2.24) is 9.88 Å². The van der Waals surface area contributed by atoms with E-state index >= 15 is 0 Å². The maximum atomic E-state index is 12.4. The van der Waals surface area contributed by atoms with E-state index in [9.17, 15) is 14.4 Å². The molecule has 0 aromatic carbocycles. The Morgan fingerprint density at radius 3 is 2.76 bits per heavy atom. The maximum absolute atomic E-state index is 12.4. The van der Waals surface area contributed by atoms with Crippen LogP contribution in [0.5, 0.6) is 0 Å². The summed E-state index contributed by atoms with van der Waals surface area (Å²) >= 11 is 2.83. The Hall–Kier alpha value is -2.26. The average molecular weight is 379 g/mol. The highest BCUT2D eigenvalue weighted by Gasteiger charge is 2.23. The van der Waals surface area contributed by atoms with Gasteiger partial charge in [0.1, 0.15) is 0 Å². The van der Waals surface area contributed by atoms with Gasteiger partial charge < -0.3 is 5.73 Å². The van der Waals surface area contributed by atoms with Crippen LogP contribution in [0.15, 0.2) is 29.1 Å². The number of nitrogens with two attached hydrogens (primary N) is 1. The van der Waals surface area contributed by atoms with Gasteiger partial charge in [-0.1, -0.05) is 13.0 Å². The second-order valence-electron chi connectivity index (χ2n) is 5.33. The summed E-state index contributed by atoms with van der Waals surface area (Å²) in [4.78, 5) is 42.2. The first-order valence-corrected chi connectivity index (χ1v) is 9.40. The van der Waals surface area contributed by atoms with Crippen LogP contribution in [-0.2, 0) is 16.0 Å². The molecule has 2 heterocycles. The van der Waals surface area contributed by atoms with Gasteiger partial charge in [-0.25, -0.2) is 9.78 Å². The number of aromatic nitrogens is 1. The van der Waals surface area contributed by atoms with Gasteiger partial charge in [-0.3, -0.25) is 19.8 Å². The molecule has 0 fully saturated rings. The molecule has 7 nitrogen and oxygen atoms in total. The maximum Gasteiger partial charge on any atom is 0.330 e. The number of amides is 4. The second kappa shape index (κ2) is 9.28. The van der Waals surface area contributed by atoms with Crippen LogP contribution >= 0.6 is 22.7 Å². The number of carbonyl (C=O) groups is 3. The highest BCUT2D eigenvalue weighted by molar-refractivity contribution is 7.13. The fourth-order valence-corrected chi connectivity index (χ4v) is 3.15. The zero-order valence-electron chi connectivity index (χ0n) is 13.7. The molecule has 1 atom stereocenters. The number of nitrogens with one attached hydrogen (secondary N) is 1. The van der Waals surface area contributed by atoms with Gasteiger partial charge in [0.2, 0.25) is 11.8 Å². The summed E-state index contributed by atoms with van der Waals surface area (Å²) in [7, 11) is 0. The number of anilines is 1. The Bertz CT molecular complexity index is 701. The largest absolute Gasteiger partial charge is 0.369 e. The summed E-state index contributed by atoms with van der Waals surface area (Å²) in [5, 5.41) is 6.70. The quantitative estimate of drug-likeness (QED) is 0.735. The number of urea groups is 1. The van der Waals surface area contributed by atoms with E-state index in [4.69, 9.17) is 5.73 Å². The van der Waals surface area contributed by atoms with E-state index in [1.807, 2.05) is 17.5 Å². The van der Waals surface area contributed by atoms with Gasteiger partial charge in [0, 0.05) is 28.9 Å². The monoisotopic (exact) mass is 379 g/mol. The third kappa shape index (κ3) is 5.95. The molecule has 2 rings (SSSR count). The van der Waals surface area contributed by atoms with Crippen LogP contribution in [0.25, 0.3) is 0 Å². The molecule has 2 aromatic rings. The van der Waals surface area contributed by atoms with Gasteiger partial charge in [-0.15, -0.1) is 22.7 Å². The SMILES string of the molecule is CC(C[CH]C(=O)N(CCc1cccs1)C(=O)Nc1nccs1)C(N)=O. The molecule has 1 radical (unpaired) electrons. The lowest BCUT2D eigenvalue weighted by Gasteiger charge is -2.21. The molecule has 0 saturated heterocycles. The minimum atomic E-state index is -0.542. The molecule has 0 saturated carbocycles. The summed E-state index contributed by atoms with van der Waals surface area (Å²) in [5.41, 5.74) is 5.20. The molecule has 0 bridgehead atoms. The van der Waals surface area contributed by atoms with Crippen LogP contribution in [0.1, 0.15) is 18.2 Å². The van der Waals surface area contributed by atoms with Crippen molar-refractivity contribution < 1.29 is 14.4 Å². The summed E-state index contributed by atoms with van der Waals surface area (Å²) in [6, 6.07) is 3.33. The summed E-state index contributed by atoms with van der Waals surface area (Å²) in [5.74, 6) is -1.41. The highest BCUT2D eigenvalue weighted by Crippen LogP contribution is 2.15. The number of imide groups is 1. The molecule has 133 valence electrons. The van der Waals surface area contributed by atoms with E-state index in [1.165, 1.54) is 17.8 Å². The van der Waals surface area contributed by atoms with Crippen molar-refractivity contribution >= 4 is 45.7 Å². The van der Waals surface area contributed by atoms with Crippen LogP contribution < -0.4 is 11.1 Å². The van der Waals surface area contributed by atoms with Gasteiger partial charge >= 0.3 is 6.03 Å². The van der Waals surface area contributed by atoms with Crippen molar-refractivity contribution in [2.24, 2.45) is 11.7 Å². The topological polar surface area (TPSA) is 105 Å². The number of thiophene rings is 1. The van der Waals surface area contributed by atoms with Crippen LogP contribution in [0.3, 0.4) is 0 Å². The van der Waals surface area contributed by atoms with Gasteiger partial charge in [-0.2, -0.15) is 0 Å². The molecule has 25 heavy (non-hydrogen) atoms. The average Bonchev–Trinajstić information content (AvgIpc) is 3.26. The molecule has 2 aromatic heterocycles. The molecule has 0 aliphatic rings. The fraction of sp³-hybridized carbons (Fsp3) is 0.312. The van der Waals surface area contributed by atoms with Gasteiger partial charge in [-0.05, 0) is 24.3 Å². The van der Waals surface area contributed by atoms with Gasteiger partial charge in [0.15, 0.2) is 5.13 Å². The summed E-state index contributed by atoms with van der Waals surface area (Å²) in [6.45, 7) is 1.87. The fourth-order valence-electron chi connectivity index (χ4n) is 1.94. The lowest BCUT2D eigenvalue weighted by Crippen LogP contribution is -2.41. The zero-order valence-corrected chi connectivity index (χ0v) is 15.3. The molecule has 3 N–H and O–H groups in total. The van der Waals surface area contributed by atoms with E-state index in [0.717, 1.165) is 9.78 Å². The van der Waals surface area contributed by atoms with Crippen molar-refractivity contribution in [3.8, 4) is 0 Å². The molecule has 9 heteroatoms. The Morgan fingerprint density at radius 2 is 2.16 bits per heavy atom. The number of primary amides is 1. The predicted octanol–water partition coefficient (Wildman–Crippen LogP) is 2.52. The Morgan fingerprint density at radius 1 is 1.36 bits per heavy atom. The Balaban J connectivity index is 2.00. The Kier molecular flexibility index (Phi) is 7.08. The lowest BCUT2D eigenvalue weighted by atomic mass is 10.0. The van der Waals surface area contributed by atoms with E-state index < -0.39 is 23.8 Å². The molecular weight excluding hydrogens is 360 g/mol. The second-order valence-corrected chi connectivity index (χ2v) is 7.26. The molecule has 4 amide bonds. The third-order valence-corrected chi connectivity index (χ3v) is 5.08. The van der Waals surface area contributed by atoms with Crippen molar-refractivity contribution in [2.75, 3.05) is 11.9 Å². The number of hydrogen-bond donors (Lipinski definition) is 2. The van der Waals surface area contributed by atoms with E-state index in [2.05, 4.69) is 10.3 Å². The number of hydrogen-bond acceptors (Lipinski definition) is 6. The number of thiazole rings is 1. The van der Waals surface area contributed by atoms with E-state index in [0.29, 0.717) is 11.6 Å². The van der Waals surface area contributed by atoms with E-state index in [-0.39, 0.29) is 13.0 Å². The predicted molar refractivity (Wildman–Crippen MR) is 98.1 cm³/mol. The van der Waals surface area contributed by atoms with Crippen molar-refractivity contribution in [3.63, 3.8) is 0 Å². The summed E-state index contributed by atoms with van der Waals surface area (Å²) in [6.07, 6.45) is 3.64. The highest BCUT2D eigenvalue weighted by atomic mass is 32.1. The lowest BCUT2D eigenvalue weighted by molar-refractivity contribution is -0.125. The van der Waals surface area contributed by atoms with Crippen LogP contribution in [0.2, 0.25) is 0 Å². The van der Waals surface area contributed by atoms with Crippen LogP contribution in [-0.4, -0.2) is 34.3 Å². The number of nitrogens with zero attached hydrogens (tertiary/aromatic N) is 2. The van der Waals surface area contributed by atoms with Crippen molar-refractivity contribution in [3.05, 3.63) is 40.4 Å². The normalized spacial score (nSPS) is 11.7. The molecular formula is C16H19N4O3S2.